The van der Waals surface area contributed by atoms with E-state index in [2.05, 4.69) is 10.5 Å². The minimum Gasteiger partial charge on any atom is -1.00 e. The average Bonchev–Trinajstić information content (AvgIpc) is 1.65. The molecule has 0 heterocycles. The third-order valence-electron chi connectivity index (χ3n) is 0.604. The van der Waals surface area contributed by atoms with Crippen molar-refractivity contribution < 1.29 is 27.7 Å². The Balaban J connectivity index is 0. The van der Waals surface area contributed by atoms with Crippen LogP contribution in [0.2, 0.25) is 0 Å². The van der Waals surface area contributed by atoms with Gasteiger partial charge >= 0.3 is 5.97 Å². The highest BCUT2D eigenvalue weighted by atomic mass is 35.5. The smallest absolute Gasteiger partial charge is 0.364 e. The Morgan fingerprint density at radius 3 is 2.12 bits per heavy atom. The summed E-state index contributed by atoms with van der Waals surface area (Å²) >= 11 is 0. The van der Waals surface area contributed by atoms with E-state index in [-0.39, 0.29) is 24.4 Å². The summed E-state index contributed by atoms with van der Waals surface area (Å²) in [4.78, 5) is 10.2. The zero-order valence-corrected chi connectivity index (χ0v) is 5.73. The lowest BCUT2D eigenvalue weighted by molar-refractivity contribution is -0.402. The summed E-state index contributed by atoms with van der Waals surface area (Å²) < 4.78 is 4.31. The predicted molar refractivity (Wildman–Crippen MR) is 24.4 cm³/mol. The fraction of sp³-hybridized carbons (Fsp3) is 0.750. The van der Waals surface area contributed by atoms with Gasteiger partial charge in [0.05, 0.1) is 7.11 Å². The molecule has 0 rings (SSSR count). The fourth-order valence-electron chi connectivity index (χ4n) is 0.201. The molecule has 0 amide bonds. The van der Waals surface area contributed by atoms with Crippen LogP contribution in [0.25, 0.3) is 0 Å². The molecule has 0 unspecified atom stereocenters. The number of rotatable bonds is 1. The number of methoxy groups -OCH3 is 1. The fourth-order valence-corrected chi connectivity index (χ4v) is 0.201. The maximum atomic E-state index is 10.2. The van der Waals surface area contributed by atoms with Gasteiger partial charge in [0.2, 0.25) is 0 Å². The monoisotopic (exact) mass is 139 g/mol. The molecule has 0 saturated heterocycles. The van der Waals surface area contributed by atoms with Gasteiger partial charge in [-0.15, -0.1) is 0 Å². The van der Waals surface area contributed by atoms with Crippen LogP contribution in [0.4, 0.5) is 0 Å². The van der Waals surface area contributed by atoms with Crippen molar-refractivity contribution in [2.45, 2.75) is 13.0 Å². The van der Waals surface area contributed by atoms with Crippen LogP contribution < -0.4 is 18.1 Å². The summed E-state index contributed by atoms with van der Waals surface area (Å²) in [7, 11) is 1.35. The molecule has 0 spiro atoms. The van der Waals surface area contributed by atoms with Crippen molar-refractivity contribution in [1.82, 2.24) is 0 Å². The summed E-state index contributed by atoms with van der Waals surface area (Å²) in [5.74, 6) is -0.264. The highest BCUT2D eigenvalue weighted by Crippen LogP contribution is 1.73. The molecule has 0 radical (unpaired) electrons. The van der Waals surface area contributed by atoms with Crippen LogP contribution >= 0.6 is 0 Å². The van der Waals surface area contributed by atoms with Crippen LogP contribution in [0, 0.1) is 0 Å². The van der Waals surface area contributed by atoms with Crippen molar-refractivity contribution >= 4 is 5.97 Å². The zero-order chi connectivity index (χ0) is 5.86. The normalized spacial score (nSPS) is 11.4. The minimum atomic E-state index is -0.264. The van der Waals surface area contributed by atoms with E-state index >= 15 is 0 Å². The van der Waals surface area contributed by atoms with Crippen LogP contribution in [0.15, 0.2) is 0 Å². The molecule has 0 saturated carbocycles. The van der Waals surface area contributed by atoms with Crippen molar-refractivity contribution in [3.05, 3.63) is 0 Å². The van der Waals surface area contributed by atoms with Crippen molar-refractivity contribution in [1.29, 1.82) is 0 Å². The number of halogens is 1. The molecule has 8 heavy (non-hydrogen) atoms. The molecule has 3 nitrogen and oxygen atoms in total. The van der Waals surface area contributed by atoms with Gasteiger partial charge in [0.15, 0.2) is 6.04 Å². The highest BCUT2D eigenvalue weighted by Gasteiger charge is 2.08. The van der Waals surface area contributed by atoms with Gasteiger partial charge in [0.25, 0.3) is 0 Å². The lowest BCUT2D eigenvalue weighted by Crippen LogP contribution is -3.00. The van der Waals surface area contributed by atoms with Gasteiger partial charge in [-0.05, 0) is 6.92 Å². The van der Waals surface area contributed by atoms with E-state index in [0.717, 1.165) is 0 Å². The molecule has 0 aliphatic heterocycles. The summed E-state index contributed by atoms with van der Waals surface area (Å²) in [5, 5.41) is 0. The first-order valence-corrected chi connectivity index (χ1v) is 2.09. The number of quaternary nitrogens is 1. The molecule has 0 aromatic heterocycles. The molecule has 0 aliphatic carbocycles. The number of hydrogen-bond acceptors (Lipinski definition) is 2. The van der Waals surface area contributed by atoms with Gasteiger partial charge in [-0.2, -0.15) is 0 Å². The van der Waals surface area contributed by atoms with E-state index in [1.807, 2.05) is 0 Å². The van der Waals surface area contributed by atoms with E-state index in [1.165, 1.54) is 7.11 Å². The molecular formula is C4H10ClNO2. The van der Waals surface area contributed by atoms with Gasteiger partial charge < -0.3 is 22.9 Å². The van der Waals surface area contributed by atoms with Crippen LogP contribution in [0.1, 0.15) is 6.92 Å². The Labute approximate surface area is 54.6 Å². The SMILES string of the molecule is COC(=O)[C@@H](C)[NH3+].[Cl-]. The second kappa shape index (κ2) is 4.87. The maximum Gasteiger partial charge on any atom is 0.364 e. The number of ether oxygens (including phenoxy) is 1. The average molecular weight is 140 g/mol. The Morgan fingerprint density at radius 1 is 1.75 bits per heavy atom. The molecule has 0 aliphatic rings. The van der Waals surface area contributed by atoms with Crippen molar-refractivity contribution in [3.8, 4) is 0 Å². The highest BCUT2D eigenvalue weighted by molar-refractivity contribution is 5.73. The molecule has 0 aromatic carbocycles. The summed E-state index contributed by atoms with van der Waals surface area (Å²) in [6, 6.07) is -0.245. The molecule has 0 aromatic rings. The van der Waals surface area contributed by atoms with Gasteiger partial charge in [0.1, 0.15) is 0 Å². The number of carbonyl (C=O) groups is 1. The summed E-state index contributed by atoms with van der Waals surface area (Å²) in [6.07, 6.45) is 0. The van der Waals surface area contributed by atoms with E-state index in [0.29, 0.717) is 0 Å². The molecule has 0 bridgehead atoms. The molecule has 0 fully saturated rings. The van der Waals surface area contributed by atoms with Crippen molar-refractivity contribution in [2.75, 3.05) is 7.11 Å². The number of esters is 1. The lowest BCUT2D eigenvalue weighted by Gasteiger charge is -1.95. The van der Waals surface area contributed by atoms with Gasteiger partial charge in [-0.3, -0.25) is 0 Å². The Kier molecular flexibility index (Phi) is 6.48. The standard InChI is InChI=1S/C4H9NO2.ClH/c1-3(5)4(6)7-2;/h3H,5H2,1-2H3;1H/t3-;/m1./s1. The quantitative estimate of drug-likeness (QED) is 0.375. The van der Waals surface area contributed by atoms with Gasteiger partial charge in [-0.25, -0.2) is 4.79 Å². The molecule has 3 N–H and O–H groups in total. The largest absolute Gasteiger partial charge is 1.00 e. The Hall–Kier alpha value is -0.280. The minimum absolute atomic E-state index is 0. The zero-order valence-electron chi connectivity index (χ0n) is 4.98. The van der Waals surface area contributed by atoms with Crippen LogP contribution in [-0.2, 0) is 9.53 Å². The van der Waals surface area contributed by atoms with Crippen LogP contribution in [-0.4, -0.2) is 19.1 Å². The lowest BCUT2D eigenvalue weighted by atomic mass is 10.4. The van der Waals surface area contributed by atoms with Crippen LogP contribution in [0.5, 0.6) is 0 Å². The Bertz CT molecular complexity index is 74.4. The molecule has 1 atom stereocenters. The first kappa shape index (κ1) is 10.7. The maximum absolute atomic E-state index is 10.2. The first-order chi connectivity index (χ1) is 3.18. The topological polar surface area (TPSA) is 53.9 Å². The van der Waals surface area contributed by atoms with E-state index < -0.39 is 0 Å². The first-order valence-electron chi connectivity index (χ1n) is 2.09. The van der Waals surface area contributed by atoms with Crippen molar-refractivity contribution in [2.24, 2.45) is 0 Å². The summed E-state index contributed by atoms with van der Waals surface area (Å²) in [5.41, 5.74) is 3.43. The van der Waals surface area contributed by atoms with E-state index in [1.54, 1.807) is 6.92 Å². The predicted octanol–water partition coefficient (Wildman–Crippen LogP) is -4.21. The second-order valence-electron chi connectivity index (χ2n) is 1.42. The third kappa shape index (κ3) is 3.89. The van der Waals surface area contributed by atoms with Gasteiger partial charge in [0, 0.05) is 0 Å². The number of hydrogen-bond donors (Lipinski definition) is 1. The molecule has 4 heteroatoms. The second-order valence-corrected chi connectivity index (χ2v) is 1.42. The Morgan fingerprint density at radius 2 is 2.12 bits per heavy atom. The van der Waals surface area contributed by atoms with Crippen molar-refractivity contribution in [3.63, 3.8) is 0 Å². The van der Waals surface area contributed by atoms with Gasteiger partial charge in [-0.1, -0.05) is 0 Å². The van der Waals surface area contributed by atoms with E-state index in [9.17, 15) is 4.79 Å². The molecule has 50 valence electrons. The molecular weight excluding hydrogens is 130 g/mol. The number of carbonyl (C=O) groups excluding carboxylic acids is 1. The summed E-state index contributed by atoms with van der Waals surface area (Å²) in [6.45, 7) is 1.69. The van der Waals surface area contributed by atoms with E-state index in [4.69, 9.17) is 0 Å². The van der Waals surface area contributed by atoms with Crippen LogP contribution in [0.3, 0.4) is 0 Å². The third-order valence-corrected chi connectivity index (χ3v) is 0.604.